The van der Waals surface area contributed by atoms with Gasteiger partial charge in [-0.05, 0) is 42.0 Å². The lowest BCUT2D eigenvalue weighted by atomic mass is 9.84. The maximum Gasteiger partial charge on any atom is 0.349 e. The van der Waals surface area contributed by atoms with Crippen molar-refractivity contribution in [2.45, 2.75) is 24.5 Å². The van der Waals surface area contributed by atoms with Crippen LogP contribution in [0, 0.1) is 0 Å². The number of ether oxygens (including phenoxy) is 1. The molecule has 8 heteroatoms. The Labute approximate surface area is 166 Å². The number of aromatic carboxylic acids is 1. The van der Waals surface area contributed by atoms with E-state index < -0.39 is 17.7 Å². The minimum absolute atomic E-state index is 0.0228. The van der Waals surface area contributed by atoms with Crippen LogP contribution in [0.1, 0.15) is 28.1 Å². The molecule has 146 valence electrons. The molecule has 27 heavy (non-hydrogen) atoms. The van der Waals surface area contributed by atoms with Crippen LogP contribution in [0.25, 0.3) is 0 Å². The van der Waals surface area contributed by atoms with Crippen LogP contribution in [0.4, 0.5) is 0 Å². The van der Waals surface area contributed by atoms with Gasteiger partial charge in [0.05, 0.1) is 5.60 Å². The quantitative estimate of drug-likeness (QED) is 0.649. The highest BCUT2D eigenvalue weighted by atomic mass is 35.5. The number of aliphatic hydroxyl groups excluding tert-OH is 1. The molecule has 1 aliphatic heterocycles. The summed E-state index contributed by atoms with van der Waals surface area (Å²) < 4.78 is 5.45. The molecule has 0 saturated carbocycles. The van der Waals surface area contributed by atoms with Crippen LogP contribution < -0.4 is 4.74 Å². The molecule has 6 nitrogen and oxygen atoms in total. The molecule has 3 N–H and O–H groups in total. The van der Waals surface area contributed by atoms with E-state index in [0.717, 1.165) is 16.9 Å². The van der Waals surface area contributed by atoms with Gasteiger partial charge >= 0.3 is 5.97 Å². The number of piperidine rings is 1. The Morgan fingerprint density at radius 1 is 1.26 bits per heavy atom. The molecule has 1 aliphatic rings. The van der Waals surface area contributed by atoms with Gasteiger partial charge < -0.3 is 25.0 Å². The highest BCUT2D eigenvalue weighted by Gasteiger charge is 2.34. The van der Waals surface area contributed by atoms with Crippen molar-refractivity contribution in [2.24, 2.45) is 0 Å². The zero-order valence-electron chi connectivity index (χ0n) is 14.7. The summed E-state index contributed by atoms with van der Waals surface area (Å²) in [4.78, 5) is 13.3. The molecular weight excluding hydrogens is 390 g/mol. The van der Waals surface area contributed by atoms with Gasteiger partial charge in [0.1, 0.15) is 18.5 Å². The molecule has 0 aliphatic carbocycles. The Hall–Kier alpha value is -1.64. The average molecular weight is 412 g/mol. The number of nitrogens with zero attached hydrogens (tertiary/aromatic N) is 1. The number of likely N-dealkylation sites (tertiary alicyclic amines) is 1. The first-order valence-corrected chi connectivity index (χ1v) is 9.95. The number of rotatable bonds is 7. The van der Waals surface area contributed by atoms with Crippen molar-refractivity contribution < 1.29 is 24.9 Å². The molecule has 2 aromatic rings. The lowest BCUT2D eigenvalue weighted by Gasteiger charge is -2.39. The van der Waals surface area contributed by atoms with Crippen LogP contribution in [-0.2, 0) is 5.60 Å². The van der Waals surface area contributed by atoms with Gasteiger partial charge in [-0.1, -0.05) is 23.7 Å². The summed E-state index contributed by atoms with van der Waals surface area (Å²) in [6.45, 7) is 1.72. The summed E-state index contributed by atoms with van der Waals surface area (Å²) >= 11 is 7.00. The van der Waals surface area contributed by atoms with Gasteiger partial charge in [0, 0.05) is 24.7 Å². The van der Waals surface area contributed by atoms with E-state index in [4.69, 9.17) is 21.4 Å². The largest absolute Gasteiger partial charge is 0.489 e. The summed E-state index contributed by atoms with van der Waals surface area (Å²) in [6.07, 6.45) is 0.388. The van der Waals surface area contributed by atoms with E-state index in [9.17, 15) is 15.0 Å². The molecule has 2 heterocycles. The number of halogens is 1. The molecule has 0 amide bonds. The minimum atomic E-state index is -1.04. The van der Waals surface area contributed by atoms with Crippen molar-refractivity contribution in [2.75, 3.05) is 26.2 Å². The highest BCUT2D eigenvalue weighted by Crippen LogP contribution is 2.33. The van der Waals surface area contributed by atoms with Crippen LogP contribution in [0.2, 0.25) is 5.02 Å². The third kappa shape index (κ3) is 5.00. The van der Waals surface area contributed by atoms with E-state index in [1.54, 1.807) is 23.6 Å². The van der Waals surface area contributed by atoms with Crippen LogP contribution in [0.3, 0.4) is 0 Å². The van der Waals surface area contributed by atoms with Gasteiger partial charge in [0.25, 0.3) is 0 Å². The van der Waals surface area contributed by atoms with Crippen LogP contribution in [-0.4, -0.2) is 58.5 Å². The monoisotopic (exact) mass is 411 g/mol. The fourth-order valence-electron chi connectivity index (χ4n) is 3.26. The van der Waals surface area contributed by atoms with Crippen molar-refractivity contribution in [3.63, 3.8) is 0 Å². The molecule has 1 unspecified atom stereocenters. The number of β-amino-alcohol motifs (C(OH)–C–C–N with tert-alkyl or cyclic N) is 1. The normalized spacial score (nSPS) is 18.2. The molecule has 0 spiro atoms. The van der Waals surface area contributed by atoms with Crippen molar-refractivity contribution in [3.8, 4) is 5.75 Å². The predicted molar refractivity (Wildman–Crippen MR) is 104 cm³/mol. The summed E-state index contributed by atoms with van der Waals surface area (Å²) in [5.41, 5.74) is -0.0237. The molecule has 1 aromatic carbocycles. The SMILES string of the molecule is O=C(O)c1sccc1OCC(O)CN1CCC(O)(c2ccc(Cl)cc2)CC1. The van der Waals surface area contributed by atoms with Gasteiger partial charge in [-0.25, -0.2) is 4.79 Å². The second kappa shape index (κ2) is 8.58. The molecular formula is C19H22ClNO5S. The maximum atomic E-state index is 11.1. The number of thiophene rings is 1. The maximum absolute atomic E-state index is 11.1. The predicted octanol–water partition coefficient (Wildman–Crippen LogP) is 2.82. The minimum Gasteiger partial charge on any atom is -0.489 e. The Balaban J connectivity index is 1.48. The zero-order valence-corrected chi connectivity index (χ0v) is 16.2. The smallest absolute Gasteiger partial charge is 0.349 e. The average Bonchev–Trinajstić information content (AvgIpc) is 3.11. The Kier molecular flexibility index (Phi) is 6.39. The summed E-state index contributed by atoms with van der Waals surface area (Å²) in [5.74, 6) is -0.755. The number of hydrogen-bond acceptors (Lipinski definition) is 6. The second-order valence-electron chi connectivity index (χ2n) is 6.72. The van der Waals surface area contributed by atoms with Gasteiger partial charge in [-0.3, -0.25) is 0 Å². The van der Waals surface area contributed by atoms with Crippen LogP contribution in [0.15, 0.2) is 35.7 Å². The number of benzene rings is 1. The second-order valence-corrected chi connectivity index (χ2v) is 8.08. The third-order valence-electron chi connectivity index (χ3n) is 4.79. The molecule has 0 bridgehead atoms. The molecule has 3 rings (SSSR count). The molecule has 1 saturated heterocycles. The van der Waals surface area contributed by atoms with Gasteiger partial charge in [0.2, 0.25) is 0 Å². The Morgan fingerprint density at radius 2 is 1.93 bits per heavy atom. The summed E-state index contributed by atoms with van der Waals surface area (Å²) in [6, 6.07) is 8.84. The Morgan fingerprint density at radius 3 is 2.56 bits per heavy atom. The number of carboxylic acid groups (broad SMARTS) is 1. The Bertz CT molecular complexity index is 771. The van der Waals surface area contributed by atoms with Crippen LogP contribution >= 0.6 is 22.9 Å². The lowest BCUT2D eigenvalue weighted by molar-refractivity contribution is -0.0372. The zero-order chi connectivity index (χ0) is 19.4. The van der Waals surface area contributed by atoms with E-state index in [-0.39, 0.29) is 17.2 Å². The van der Waals surface area contributed by atoms with Crippen molar-refractivity contribution >= 4 is 28.9 Å². The topological polar surface area (TPSA) is 90.2 Å². The third-order valence-corrected chi connectivity index (χ3v) is 5.92. The molecule has 1 fully saturated rings. The summed E-state index contributed by atoms with van der Waals surface area (Å²) in [5, 5.41) is 32.5. The lowest BCUT2D eigenvalue weighted by Crippen LogP contribution is -2.46. The number of hydrogen-bond donors (Lipinski definition) is 3. The molecule has 0 radical (unpaired) electrons. The van der Waals surface area contributed by atoms with E-state index in [1.165, 1.54) is 0 Å². The van der Waals surface area contributed by atoms with E-state index >= 15 is 0 Å². The fraction of sp³-hybridized carbons (Fsp3) is 0.421. The van der Waals surface area contributed by atoms with Crippen molar-refractivity contribution in [1.29, 1.82) is 0 Å². The number of aliphatic hydroxyl groups is 2. The first kappa shape index (κ1) is 20.1. The number of carboxylic acids is 1. The van der Waals surface area contributed by atoms with Gasteiger partial charge in [-0.15, -0.1) is 11.3 Å². The van der Waals surface area contributed by atoms with Gasteiger partial charge in [-0.2, -0.15) is 0 Å². The number of carbonyl (C=O) groups is 1. The van der Waals surface area contributed by atoms with E-state index in [2.05, 4.69) is 4.90 Å². The van der Waals surface area contributed by atoms with Crippen molar-refractivity contribution in [3.05, 3.63) is 51.2 Å². The first-order chi connectivity index (χ1) is 12.9. The van der Waals surface area contributed by atoms with Crippen molar-refractivity contribution in [1.82, 2.24) is 4.90 Å². The molecule has 1 atom stereocenters. The van der Waals surface area contributed by atoms with Gasteiger partial charge in [0.15, 0.2) is 4.88 Å². The highest BCUT2D eigenvalue weighted by molar-refractivity contribution is 7.12. The van der Waals surface area contributed by atoms with Crippen LogP contribution in [0.5, 0.6) is 5.75 Å². The fourth-order valence-corrected chi connectivity index (χ4v) is 4.06. The summed E-state index contributed by atoms with van der Waals surface area (Å²) in [7, 11) is 0. The van der Waals surface area contributed by atoms with E-state index in [1.807, 2.05) is 12.1 Å². The first-order valence-electron chi connectivity index (χ1n) is 8.70. The standard InChI is InChI=1S/C19H22ClNO5S/c20-14-3-1-13(2-4-14)19(25)6-8-21(9-7-19)11-15(22)12-26-16-5-10-27-17(16)18(23)24/h1-5,10,15,22,25H,6-9,11-12H2,(H,23,24). The molecule has 1 aromatic heterocycles. The van der Waals surface area contributed by atoms with E-state index in [0.29, 0.717) is 37.5 Å².